The maximum Gasteiger partial charge on any atom is 0.230 e. The SMILES string of the molecule is CC1(C(=O)Nc2ccc(F)c(C#CCCO)c2)CCCC1. The van der Waals surface area contributed by atoms with Crippen LogP contribution in [0.4, 0.5) is 10.1 Å². The number of aliphatic hydroxyl groups excluding tert-OH is 1. The van der Waals surface area contributed by atoms with Gasteiger partial charge in [-0.15, -0.1) is 0 Å². The first-order valence-corrected chi connectivity index (χ1v) is 7.26. The molecule has 0 bridgehead atoms. The molecule has 1 aromatic rings. The average Bonchev–Trinajstić information content (AvgIpc) is 2.91. The zero-order valence-electron chi connectivity index (χ0n) is 12.2. The molecular weight excluding hydrogens is 269 g/mol. The third kappa shape index (κ3) is 3.83. The Labute approximate surface area is 124 Å². The maximum absolute atomic E-state index is 13.6. The smallest absolute Gasteiger partial charge is 0.230 e. The monoisotopic (exact) mass is 289 g/mol. The van der Waals surface area contributed by atoms with Crippen molar-refractivity contribution in [3.8, 4) is 11.8 Å². The largest absolute Gasteiger partial charge is 0.395 e. The Kier molecular flexibility index (Phi) is 4.98. The van der Waals surface area contributed by atoms with Crippen LogP contribution in [0.5, 0.6) is 0 Å². The van der Waals surface area contributed by atoms with E-state index >= 15 is 0 Å². The van der Waals surface area contributed by atoms with Crippen LogP contribution in [0, 0.1) is 23.1 Å². The molecule has 1 aromatic carbocycles. The van der Waals surface area contributed by atoms with E-state index in [2.05, 4.69) is 17.2 Å². The van der Waals surface area contributed by atoms with E-state index in [1.165, 1.54) is 12.1 Å². The molecule has 0 spiro atoms. The second-order valence-corrected chi connectivity index (χ2v) is 5.69. The Morgan fingerprint density at radius 3 is 2.81 bits per heavy atom. The molecule has 2 rings (SSSR count). The highest BCUT2D eigenvalue weighted by molar-refractivity contribution is 5.95. The van der Waals surface area contributed by atoms with Crippen LogP contribution in [0.25, 0.3) is 0 Å². The van der Waals surface area contributed by atoms with Crippen molar-refractivity contribution in [3.63, 3.8) is 0 Å². The van der Waals surface area contributed by atoms with Crippen molar-refractivity contribution in [2.75, 3.05) is 11.9 Å². The molecule has 112 valence electrons. The molecule has 0 atom stereocenters. The minimum absolute atomic E-state index is 0.0131. The summed E-state index contributed by atoms with van der Waals surface area (Å²) in [6.07, 6.45) is 4.23. The number of aliphatic hydroxyl groups is 1. The molecule has 0 aromatic heterocycles. The quantitative estimate of drug-likeness (QED) is 0.840. The summed E-state index contributed by atoms with van der Waals surface area (Å²) >= 11 is 0. The maximum atomic E-state index is 13.6. The summed E-state index contributed by atoms with van der Waals surface area (Å²) in [5, 5.41) is 11.5. The van der Waals surface area contributed by atoms with Gasteiger partial charge in [0.1, 0.15) is 5.82 Å². The average molecular weight is 289 g/mol. The molecule has 0 heterocycles. The van der Waals surface area contributed by atoms with Crippen LogP contribution in [0.2, 0.25) is 0 Å². The summed E-state index contributed by atoms with van der Waals surface area (Å²) in [4.78, 5) is 12.3. The molecule has 0 aliphatic heterocycles. The number of carbonyl (C=O) groups is 1. The minimum atomic E-state index is -0.425. The lowest BCUT2D eigenvalue weighted by atomic mass is 9.88. The molecular formula is C17H20FNO2. The molecule has 3 nitrogen and oxygen atoms in total. The van der Waals surface area contributed by atoms with Crippen LogP contribution in [-0.4, -0.2) is 17.6 Å². The molecule has 4 heteroatoms. The van der Waals surface area contributed by atoms with Crippen molar-refractivity contribution in [2.45, 2.75) is 39.0 Å². The zero-order chi connectivity index (χ0) is 15.3. The molecule has 0 saturated heterocycles. The topological polar surface area (TPSA) is 49.3 Å². The minimum Gasteiger partial charge on any atom is -0.395 e. The molecule has 1 fully saturated rings. The van der Waals surface area contributed by atoms with Gasteiger partial charge >= 0.3 is 0 Å². The lowest BCUT2D eigenvalue weighted by molar-refractivity contribution is -0.124. The number of hydrogen-bond donors (Lipinski definition) is 2. The zero-order valence-corrected chi connectivity index (χ0v) is 12.2. The Morgan fingerprint density at radius 1 is 1.43 bits per heavy atom. The summed E-state index contributed by atoms with van der Waals surface area (Å²) in [6.45, 7) is 1.92. The van der Waals surface area contributed by atoms with Crippen LogP contribution < -0.4 is 5.32 Å². The van der Waals surface area contributed by atoms with Crippen molar-refractivity contribution < 1.29 is 14.3 Å². The normalized spacial score (nSPS) is 16.1. The van der Waals surface area contributed by atoms with Crippen LogP contribution >= 0.6 is 0 Å². The van der Waals surface area contributed by atoms with E-state index in [1.807, 2.05) is 6.92 Å². The van der Waals surface area contributed by atoms with E-state index in [9.17, 15) is 9.18 Å². The van der Waals surface area contributed by atoms with Gasteiger partial charge in [0, 0.05) is 17.5 Å². The predicted octanol–water partition coefficient (Wildman–Crippen LogP) is 3.08. The second-order valence-electron chi connectivity index (χ2n) is 5.69. The first-order valence-electron chi connectivity index (χ1n) is 7.26. The molecule has 21 heavy (non-hydrogen) atoms. The first-order chi connectivity index (χ1) is 10.0. The molecule has 1 aliphatic rings. The van der Waals surface area contributed by atoms with Gasteiger partial charge in [0.05, 0.1) is 12.2 Å². The Morgan fingerprint density at radius 2 is 2.14 bits per heavy atom. The van der Waals surface area contributed by atoms with Crippen molar-refractivity contribution in [2.24, 2.45) is 5.41 Å². The summed E-state index contributed by atoms with van der Waals surface area (Å²) < 4.78 is 13.6. The predicted molar refractivity (Wildman–Crippen MR) is 80.2 cm³/mol. The lowest BCUT2D eigenvalue weighted by Crippen LogP contribution is -2.30. The third-order valence-electron chi connectivity index (χ3n) is 3.94. The van der Waals surface area contributed by atoms with Crippen molar-refractivity contribution in [1.29, 1.82) is 0 Å². The van der Waals surface area contributed by atoms with Crippen LogP contribution in [0.15, 0.2) is 18.2 Å². The standard InChI is InChI=1S/C17H20FNO2/c1-17(9-3-4-10-17)16(21)19-14-7-8-15(18)13(12-14)6-2-5-11-20/h7-8,12,20H,3-5,9-11H2,1H3,(H,19,21). The number of anilines is 1. The van der Waals surface area contributed by atoms with E-state index < -0.39 is 5.82 Å². The van der Waals surface area contributed by atoms with Gasteiger partial charge in [0.25, 0.3) is 0 Å². The third-order valence-corrected chi connectivity index (χ3v) is 3.94. The highest BCUT2D eigenvalue weighted by atomic mass is 19.1. The first kappa shape index (κ1) is 15.5. The Balaban J connectivity index is 2.12. The van der Waals surface area contributed by atoms with Gasteiger partial charge < -0.3 is 10.4 Å². The Hall–Kier alpha value is -1.86. The lowest BCUT2D eigenvalue weighted by Gasteiger charge is -2.22. The van der Waals surface area contributed by atoms with E-state index in [-0.39, 0.29) is 23.5 Å². The van der Waals surface area contributed by atoms with Gasteiger partial charge in [-0.2, -0.15) is 0 Å². The molecule has 1 amide bonds. The van der Waals surface area contributed by atoms with E-state index in [0.29, 0.717) is 12.1 Å². The number of carbonyl (C=O) groups excluding carboxylic acids is 1. The van der Waals surface area contributed by atoms with Gasteiger partial charge in [-0.1, -0.05) is 31.6 Å². The molecule has 1 aliphatic carbocycles. The van der Waals surface area contributed by atoms with Gasteiger partial charge in [-0.25, -0.2) is 4.39 Å². The molecule has 1 saturated carbocycles. The van der Waals surface area contributed by atoms with E-state index in [1.54, 1.807) is 6.07 Å². The van der Waals surface area contributed by atoms with Crippen LogP contribution in [0.1, 0.15) is 44.6 Å². The van der Waals surface area contributed by atoms with E-state index in [0.717, 1.165) is 25.7 Å². The number of hydrogen-bond acceptors (Lipinski definition) is 2. The van der Waals surface area contributed by atoms with Crippen LogP contribution in [-0.2, 0) is 4.79 Å². The highest BCUT2D eigenvalue weighted by Crippen LogP contribution is 2.38. The summed E-state index contributed by atoms with van der Waals surface area (Å²) in [5.74, 6) is 4.91. The number of amides is 1. The number of benzene rings is 1. The fourth-order valence-corrected chi connectivity index (χ4v) is 2.58. The second kappa shape index (κ2) is 6.73. The van der Waals surface area contributed by atoms with Gasteiger partial charge in [0.15, 0.2) is 0 Å². The van der Waals surface area contributed by atoms with Crippen molar-refractivity contribution in [1.82, 2.24) is 0 Å². The van der Waals surface area contributed by atoms with Gasteiger partial charge in [-0.3, -0.25) is 4.79 Å². The molecule has 2 N–H and O–H groups in total. The summed E-state index contributed by atoms with van der Waals surface area (Å²) in [6, 6.07) is 4.38. The van der Waals surface area contributed by atoms with Crippen molar-refractivity contribution in [3.05, 3.63) is 29.6 Å². The molecule has 0 radical (unpaired) electrons. The highest BCUT2D eigenvalue weighted by Gasteiger charge is 2.36. The molecule has 0 unspecified atom stereocenters. The Bertz CT molecular complexity index is 580. The number of rotatable bonds is 3. The number of nitrogens with one attached hydrogen (secondary N) is 1. The summed E-state index contributed by atoms with van der Waals surface area (Å²) in [7, 11) is 0. The van der Waals surface area contributed by atoms with E-state index in [4.69, 9.17) is 5.11 Å². The number of halogens is 1. The fraction of sp³-hybridized carbons (Fsp3) is 0.471. The van der Waals surface area contributed by atoms with Gasteiger partial charge in [-0.05, 0) is 31.0 Å². The fourth-order valence-electron chi connectivity index (χ4n) is 2.58. The van der Waals surface area contributed by atoms with Crippen molar-refractivity contribution >= 4 is 11.6 Å². The summed E-state index contributed by atoms with van der Waals surface area (Å²) in [5.41, 5.74) is 0.470. The van der Waals surface area contributed by atoms with Gasteiger partial charge in [0.2, 0.25) is 5.91 Å². The van der Waals surface area contributed by atoms with Crippen LogP contribution in [0.3, 0.4) is 0 Å².